The maximum Gasteiger partial charge on any atom is 0.0701 e. The Morgan fingerprint density at radius 2 is 1.50 bits per heavy atom. The van der Waals surface area contributed by atoms with Gasteiger partial charge in [0.15, 0.2) is 0 Å². The molecule has 0 radical (unpaired) electrons. The van der Waals surface area contributed by atoms with Gasteiger partial charge in [-0.15, -0.1) is 0 Å². The SMILES string of the molecule is NCCOCCOCCN1CC2CCCCC2C1. The van der Waals surface area contributed by atoms with E-state index >= 15 is 0 Å². The summed E-state index contributed by atoms with van der Waals surface area (Å²) in [6.45, 7) is 7.13. The van der Waals surface area contributed by atoms with Crippen LogP contribution >= 0.6 is 0 Å². The van der Waals surface area contributed by atoms with E-state index in [2.05, 4.69) is 4.90 Å². The third kappa shape index (κ3) is 4.50. The number of rotatable bonds is 8. The van der Waals surface area contributed by atoms with Crippen molar-refractivity contribution in [2.24, 2.45) is 17.6 Å². The summed E-state index contributed by atoms with van der Waals surface area (Å²) < 4.78 is 10.9. The van der Waals surface area contributed by atoms with Crippen LogP contribution in [0.5, 0.6) is 0 Å². The molecule has 1 aliphatic carbocycles. The molecule has 0 spiro atoms. The van der Waals surface area contributed by atoms with Crippen LogP contribution in [0.2, 0.25) is 0 Å². The molecule has 2 rings (SSSR count). The van der Waals surface area contributed by atoms with Crippen molar-refractivity contribution in [2.45, 2.75) is 25.7 Å². The number of ether oxygens (including phenoxy) is 2. The predicted molar refractivity (Wildman–Crippen MR) is 72.6 cm³/mol. The normalized spacial score (nSPS) is 28.5. The summed E-state index contributed by atoms with van der Waals surface area (Å²) in [6, 6.07) is 0. The number of hydrogen-bond donors (Lipinski definition) is 1. The maximum atomic E-state index is 5.59. The van der Waals surface area contributed by atoms with Crippen LogP contribution in [0.1, 0.15) is 25.7 Å². The molecule has 106 valence electrons. The van der Waals surface area contributed by atoms with Crippen LogP contribution in [0, 0.1) is 11.8 Å². The lowest BCUT2D eigenvalue weighted by molar-refractivity contribution is 0.0428. The number of nitrogens with zero attached hydrogens (tertiary/aromatic N) is 1. The predicted octanol–water partition coefficient (Wildman–Crippen LogP) is 1.10. The first kappa shape index (κ1) is 14.3. The Balaban J connectivity index is 1.47. The molecule has 2 fully saturated rings. The Bertz CT molecular complexity index is 212. The molecule has 1 heterocycles. The summed E-state index contributed by atoms with van der Waals surface area (Å²) in [4.78, 5) is 2.58. The van der Waals surface area contributed by atoms with E-state index in [1.54, 1.807) is 0 Å². The molecule has 0 bridgehead atoms. The number of hydrogen-bond acceptors (Lipinski definition) is 4. The van der Waals surface area contributed by atoms with Crippen molar-refractivity contribution in [3.63, 3.8) is 0 Å². The van der Waals surface area contributed by atoms with Crippen molar-refractivity contribution in [3.05, 3.63) is 0 Å². The molecule has 2 N–H and O–H groups in total. The Labute approximate surface area is 111 Å². The minimum atomic E-state index is 0.594. The first-order valence-corrected chi connectivity index (χ1v) is 7.48. The van der Waals surface area contributed by atoms with Gasteiger partial charge in [-0.05, 0) is 24.7 Å². The highest BCUT2D eigenvalue weighted by Gasteiger charge is 2.33. The summed E-state index contributed by atoms with van der Waals surface area (Å²) in [5, 5.41) is 0. The van der Waals surface area contributed by atoms with Gasteiger partial charge < -0.3 is 20.1 Å². The summed E-state index contributed by atoms with van der Waals surface area (Å²) in [7, 11) is 0. The Morgan fingerprint density at radius 1 is 0.889 bits per heavy atom. The molecule has 0 aromatic rings. The Hall–Kier alpha value is -0.160. The standard InChI is InChI=1S/C14H28N2O2/c15-5-7-17-9-10-18-8-6-16-11-13-3-1-2-4-14(13)12-16/h13-14H,1-12,15H2. The molecule has 0 aromatic heterocycles. The van der Waals surface area contributed by atoms with Crippen LogP contribution in [0.25, 0.3) is 0 Å². The number of fused-ring (bicyclic) bond motifs is 1. The highest BCUT2D eigenvalue weighted by atomic mass is 16.5. The summed E-state index contributed by atoms with van der Waals surface area (Å²) in [6.07, 6.45) is 5.80. The van der Waals surface area contributed by atoms with Crippen LogP contribution < -0.4 is 5.73 Å². The average Bonchev–Trinajstić information content (AvgIpc) is 2.80. The zero-order chi connectivity index (χ0) is 12.6. The molecule has 1 aliphatic heterocycles. The van der Waals surface area contributed by atoms with Crippen LogP contribution in [0.3, 0.4) is 0 Å². The smallest absolute Gasteiger partial charge is 0.0701 e. The van der Waals surface area contributed by atoms with E-state index in [4.69, 9.17) is 15.2 Å². The van der Waals surface area contributed by atoms with Crippen LogP contribution in [0.4, 0.5) is 0 Å². The minimum Gasteiger partial charge on any atom is -0.378 e. The average molecular weight is 256 g/mol. The van der Waals surface area contributed by atoms with E-state index in [0.29, 0.717) is 26.4 Å². The molecular weight excluding hydrogens is 228 g/mol. The fraction of sp³-hybridized carbons (Fsp3) is 1.00. The van der Waals surface area contributed by atoms with E-state index in [1.807, 2.05) is 0 Å². The highest BCUT2D eigenvalue weighted by molar-refractivity contribution is 4.86. The maximum absolute atomic E-state index is 5.59. The van der Waals surface area contributed by atoms with E-state index in [9.17, 15) is 0 Å². The fourth-order valence-corrected chi connectivity index (χ4v) is 3.28. The molecule has 1 saturated heterocycles. The molecule has 0 amide bonds. The fourth-order valence-electron chi connectivity index (χ4n) is 3.28. The summed E-state index contributed by atoms with van der Waals surface area (Å²) in [5.41, 5.74) is 5.34. The topological polar surface area (TPSA) is 47.7 Å². The second-order valence-electron chi connectivity index (χ2n) is 5.58. The highest BCUT2D eigenvalue weighted by Crippen LogP contribution is 2.35. The van der Waals surface area contributed by atoms with Crippen molar-refractivity contribution >= 4 is 0 Å². The second kappa shape index (κ2) is 8.10. The lowest BCUT2D eigenvalue weighted by atomic mass is 9.82. The van der Waals surface area contributed by atoms with Gasteiger partial charge in [0.05, 0.1) is 26.4 Å². The zero-order valence-corrected chi connectivity index (χ0v) is 11.5. The van der Waals surface area contributed by atoms with Crippen molar-refractivity contribution in [1.82, 2.24) is 4.90 Å². The largest absolute Gasteiger partial charge is 0.378 e. The van der Waals surface area contributed by atoms with Crippen LogP contribution in [-0.4, -0.2) is 57.5 Å². The van der Waals surface area contributed by atoms with Crippen molar-refractivity contribution < 1.29 is 9.47 Å². The molecule has 18 heavy (non-hydrogen) atoms. The van der Waals surface area contributed by atoms with Gasteiger partial charge in [0, 0.05) is 26.2 Å². The van der Waals surface area contributed by atoms with E-state index in [0.717, 1.165) is 25.0 Å². The van der Waals surface area contributed by atoms with Crippen LogP contribution in [-0.2, 0) is 9.47 Å². The lowest BCUT2D eigenvalue weighted by Crippen LogP contribution is -2.26. The third-order valence-corrected chi connectivity index (χ3v) is 4.24. The zero-order valence-electron chi connectivity index (χ0n) is 11.5. The van der Waals surface area contributed by atoms with Gasteiger partial charge in [0.1, 0.15) is 0 Å². The first-order valence-electron chi connectivity index (χ1n) is 7.48. The van der Waals surface area contributed by atoms with Gasteiger partial charge in [0.2, 0.25) is 0 Å². The van der Waals surface area contributed by atoms with E-state index in [1.165, 1.54) is 38.8 Å². The van der Waals surface area contributed by atoms with E-state index in [-0.39, 0.29) is 0 Å². The van der Waals surface area contributed by atoms with Crippen molar-refractivity contribution in [2.75, 3.05) is 52.6 Å². The first-order chi connectivity index (χ1) is 8.90. The van der Waals surface area contributed by atoms with Gasteiger partial charge in [-0.2, -0.15) is 0 Å². The summed E-state index contributed by atoms with van der Waals surface area (Å²) in [5.74, 6) is 1.96. The van der Waals surface area contributed by atoms with Gasteiger partial charge in [-0.25, -0.2) is 0 Å². The number of nitrogens with two attached hydrogens (primary N) is 1. The lowest BCUT2D eigenvalue weighted by Gasteiger charge is -2.23. The monoisotopic (exact) mass is 256 g/mol. The van der Waals surface area contributed by atoms with E-state index < -0.39 is 0 Å². The van der Waals surface area contributed by atoms with Gasteiger partial charge in [0.25, 0.3) is 0 Å². The molecule has 2 aliphatic rings. The molecular formula is C14H28N2O2. The molecule has 2 atom stereocenters. The minimum absolute atomic E-state index is 0.594. The quantitative estimate of drug-likeness (QED) is 0.661. The second-order valence-corrected chi connectivity index (χ2v) is 5.58. The van der Waals surface area contributed by atoms with Gasteiger partial charge >= 0.3 is 0 Å². The van der Waals surface area contributed by atoms with Crippen LogP contribution in [0.15, 0.2) is 0 Å². The molecule has 4 heteroatoms. The van der Waals surface area contributed by atoms with Gasteiger partial charge in [-0.1, -0.05) is 12.8 Å². The summed E-state index contributed by atoms with van der Waals surface area (Å²) >= 11 is 0. The molecule has 4 nitrogen and oxygen atoms in total. The molecule has 2 unspecified atom stereocenters. The Kier molecular flexibility index (Phi) is 6.41. The van der Waals surface area contributed by atoms with Gasteiger partial charge in [-0.3, -0.25) is 0 Å². The number of likely N-dealkylation sites (tertiary alicyclic amines) is 1. The van der Waals surface area contributed by atoms with Crippen molar-refractivity contribution in [1.29, 1.82) is 0 Å². The molecule has 0 aromatic carbocycles. The Morgan fingerprint density at radius 3 is 2.11 bits per heavy atom. The molecule has 1 saturated carbocycles. The third-order valence-electron chi connectivity index (χ3n) is 4.24. The van der Waals surface area contributed by atoms with Crippen molar-refractivity contribution in [3.8, 4) is 0 Å².